The molecule has 0 radical (unpaired) electrons. The second-order valence-electron chi connectivity index (χ2n) is 5.37. The van der Waals surface area contributed by atoms with Crippen LogP contribution in [0, 0.1) is 0 Å². The van der Waals surface area contributed by atoms with Crippen LogP contribution in [0.3, 0.4) is 0 Å². The molecule has 0 aromatic heterocycles. The van der Waals surface area contributed by atoms with Gasteiger partial charge in [0.1, 0.15) is 0 Å². The molecule has 0 saturated heterocycles. The predicted octanol–water partition coefficient (Wildman–Crippen LogP) is -0.652. The minimum atomic E-state index is 0. The van der Waals surface area contributed by atoms with Crippen molar-refractivity contribution in [3.05, 3.63) is 0 Å². The van der Waals surface area contributed by atoms with Gasteiger partial charge in [0.2, 0.25) is 0 Å². The van der Waals surface area contributed by atoms with E-state index in [9.17, 15) is 0 Å². The van der Waals surface area contributed by atoms with Crippen LogP contribution < -0.4 is 0 Å². The van der Waals surface area contributed by atoms with Crippen molar-refractivity contribution in [3.8, 4) is 0 Å². The van der Waals surface area contributed by atoms with Gasteiger partial charge >= 0.3 is 59.1 Å². The molecule has 2 nitrogen and oxygen atoms in total. The molecule has 0 unspecified atom stereocenters. The second-order valence-corrected chi connectivity index (χ2v) is 5.37. The molecule has 0 aliphatic heterocycles. The topological polar surface area (TPSA) is 0 Å². The van der Waals surface area contributed by atoms with Crippen molar-refractivity contribution in [1.82, 2.24) is 0 Å². The fourth-order valence-corrected chi connectivity index (χ4v) is 0. The zero-order valence-electron chi connectivity index (χ0n) is 8.89. The Bertz CT molecular complexity index is 58.0. The van der Waals surface area contributed by atoms with Gasteiger partial charge in [0.15, 0.2) is 0 Å². The van der Waals surface area contributed by atoms with Crippen LogP contribution in [0.5, 0.6) is 0 Å². The Hall–Kier alpha value is 1.92. The Morgan fingerprint density at radius 3 is 0.417 bits per heavy atom. The molecular weight excluding hydrogens is 170 g/mol. The van der Waals surface area contributed by atoms with E-state index < -0.39 is 0 Å². The van der Waals surface area contributed by atoms with Gasteiger partial charge in [-0.15, -0.1) is 0 Å². The number of nitrogens with zero attached hydrogens (tertiary/aromatic N) is 2. The van der Waals surface area contributed by atoms with Gasteiger partial charge in [-0.05, 0) is 0 Å². The van der Waals surface area contributed by atoms with Crippen LogP contribution >= 0.6 is 0 Å². The van der Waals surface area contributed by atoms with Gasteiger partial charge in [-0.3, -0.25) is 0 Å². The van der Waals surface area contributed by atoms with Crippen molar-refractivity contribution >= 4 is 59.1 Å². The summed E-state index contributed by atoms with van der Waals surface area (Å²) in [6, 6.07) is 0. The van der Waals surface area contributed by atoms with E-state index in [0.29, 0.717) is 0 Å². The third-order valence-corrected chi connectivity index (χ3v) is 0. The SMILES string of the molecule is C[N+](C)(C)C.C[N+](C)(C)C.[NaH].[NaH]. The third-order valence-electron chi connectivity index (χ3n) is 0. The van der Waals surface area contributed by atoms with E-state index in [-0.39, 0.29) is 59.1 Å². The van der Waals surface area contributed by atoms with E-state index in [4.69, 9.17) is 0 Å². The molecule has 0 bridgehead atoms. The summed E-state index contributed by atoms with van der Waals surface area (Å²) in [5.41, 5.74) is 0. The summed E-state index contributed by atoms with van der Waals surface area (Å²) in [4.78, 5) is 0. The molecule has 0 rings (SSSR count). The van der Waals surface area contributed by atoms with E-state index in [1.807, 2.05) is 0 Å². The fraction of sp³-hybridized carbons (Fsp3) is 1.00. The van der Waals surface area contributed by atoms with E-state index in [1.165, 1.54) is 0 Å². The average Bonchev–Trinajstić information content (AvgIpc) is 1.12. The molecule has 0 amide bonds. The molecule has 0 aliphatic carbocycles. The Labute approximate surface area is 123 Å². The first kappa shape index (κ1) is 23.6. The van der Waals surface area contributed by atoms with Crippen molar-refractivity contribution in [2.75, 3.05) is 56.4 Å². The average molecular weight is 196 g/mol. The number of quaternary nitrogens is 2. The number of hydrogen-bond acceptors (Lipinski definition) is 0. The summed E-state index contributed by atoms with van der Waals surface area (Å²) in [7, 11) is 17.0. The second kappa shape index (κ2) is 9.47. The van der Waals surface area contributed by atoms with E-state index >= 15 is 0 Å². The van der Waals surface area contributed by atoms with E-state index in [0.717, 1.165) is 8.97 Å². The van der Waals surface area contributed by atoms with Crippen molar-refractivity contribution < 1.29 is 8.97 Å². The van der Waals surface area contributed by atoms with Crippen LogP contribution in [0.4, 0.5) is 0 Å². The molecule has 0 fully saturated rings. The first-order chi connectivity index (χ1) is 4.00. The van der Waals surface area contributed by atoms with Crippen LogP contribution in [-0.2, 0) is 0 Å². The molecule has 0 saturated carbocycles. The van der Waals surface area contributed by atoms with Crippen molar-refractivity contribution in [2.24, 2.45) is 0 Å². The molecule has 0 aliphatic rings. The minimum absolute atomic E-state index is 0. The number of hydrogen-bond donors (Lipinski definition) is 0. The third kappa shape index (κ3) is 386. The van der Waals surface area contributed by atoms with Gasteiger partial charge in [-0.2, -0.15) is 0 Å². The van der Waals surface area contributed by atoms with Crippen LogP contribution in [0.2, 0.25) is 0 Å². The summed E-state index contributed by atoms with van der Waals surface area (Å²) in [5, 5.41) is 0. The van der Waals surface area contributed by atoms with Crippen molar-refractivity contribution in [2.45, 2.75) is 0 Å². The summed E-state index contributed by atoms with van der Waals surface area (Å²) in [6.45, 7) is 0. The normalized spacial score (nSPS) is 10.0. The first-order valence-corrected chi connectivity index (χ1v) is 3.58. The standard InChI is InChI=1S/2C4H12N.2Na.2H/c2*1-5(2,3)4;;;;/h2*1-4H3;;;;/q2*+1;;;;. The van der Waals surface area contributed by atoms with Gasteiger partial charge in [0.25, 0.3) is 0 Å². The van der Waals surface area contributed by atoms with Gasteiger partial charge in [0, 0.05) is 0 Å². The van der Waals surface area contributed by atoms with Crippen LogP contribution in [0.25, 0.3) is 0 Å². The Balaban J connectivity index is -0.0000000457. The molecular formula is C8H26N2Na2+2. The summed E-state index contributed by atoms with van der Waals surface area (Å²) < 4.78 is 2.00. The van der Waals surface area contributed by atoms with Crippen molar-refractivity contribution in [3.63, 3.8) is 0 Å². The Morgan fingerprint density at radius 2 is 0.417 bits per heavy atom. The molecule has 0 heterocycles. The van der Waals surface area contributed by atoms with Crippen LogP contribution in [-0.4, -0.2) is 124 Å². The first-order valence-electron chi connectivity index (χ1n) is 3.58. The summed E-state index contributed by atoms with van der Waals surface area (Å²) in [6.07, 6.45) is 0. The quantitative estimate of drug-likeness (QED) is 0.357. The zero-order chi connectivity index (χ0) is 9.00. The maximum absolute atomic E-state index is 2.12. The Kier molecular flexibility index (Phi) is 18.6. The maximum atomic E-state index is 2.12. The fourth-order valence-electron chi connectivity index (χ4n) is 0. The molecule has 12 heavy (non-hydrogen) atoms. The molecule has 0 aromatic rings. The zero-order valence-corrected chi connectivity index (χ0v) is 8.89. The molecule has 4 heteroatoms. The number of rotatable bonds is 0. The molecule has 0 N–H and O–H groups in total. The van der Waals surface area contributed by atoms with Crippen LogP contribution in [0.15, 0.2) is 0 Å². The molecule has 0 atom stereocenters. The summed E-state index contributed by atoms with van der Waals surface area (Å²) >= 11 is 0. The molecule has 0 aromatic carbocycles. The van der Waals surface area contributed by atoms with Gasteiger partial charge in [-0.25, -0.2) is 0 Å². The molecule has 68 valence electrons. The van der Waals surface area contributed by atoms with Crippen molar-refractivity contribution in [1.29, 1.82) is 0 Å². The van der Waals surface area contributed by atoms with Gasteiger partial charge < -0.3 is 8.97 Å². The predicted molar refractivity (Wildman–Crippen MR) is 62.2 cm³/mol. The monoisotopic (exact) mass is 196 g/mol. The summed E-state index contributed by atoms with van der Waals surface area (Å²) in [5.74, 6) is 0. The van der Waals surface area contributed by atoms with Crippen LogP contribution in [0.1, 0.15) is 0 Å². The van der Waals surface area contributed by atoms with Gasteiger partial charge in [-0.1, -0.05) is 0 Å². The van der Waals surface area contributed by atoms with E-state index in [1.54, 1.807) is 0 Å². The molecule has 0 spiro atoms. The Morgan fingerprint density at radius 1 is 0.417 bits per heavy atom. The van der Waals surface area contributed by atoms with Gasteiger partial charge in [0.05, 0.1) is 56.4 Å². The van der Waals surface area contributed by atoms with E-state index in [2.05, 4.69) is 56.4 Å².